The summed E-state index contributed by atoms with van der Waals surface area (Å²) in [6, 6.07) is 7.94. The first-order valence-corrected chi connectivity index (χ1v) is 10.7. The van der Waals surface area contributed by atoms with Crippen molar-refractivity contribution in [1.82, 2.24) is 4.98 Å². The van der Waals surface area contributed by atoms with E-state index in [2.05, 4.69) is 11.9 Å². The number of nitrogens with one attached hydrogen (secondary N) is 1. The highest BCUT2D eigenvalue weighted by Gasteiger charge is 2.32. The zero-order valence-electron chi connectivity index (χ0n) is 17.7. The average molecular weight is 398 g/mol. The first-order valence-electron chi connectivity index (χ1n) is 10.7. The van der Waals surface area contributed by atoms with Gasteiger partial charge in [0.1, 0.15) is 11.4 Å². The lowest BCUT2D eigenvalue weighted by atomic mass is 9.81. The van der Waals surface area contributed by atoms with E-state index in [-0.39, 0.29) is 17.7 Å². The minimum atomic E-state index is -0.362. The van der Waals surface area contributed by atoms with Crippen LogP contribution >= 0.6 is 0 Å². The van der Waals surface area contributed by atoms with Crippen molar-refractivity contribution in [2.75, 3.05) is 13.2 Å². The van der Waals surface area contributed by atoms with Gasteiger partial charge in [-0.25, -0.2) is 4.79 Å². The number of ketones is 1. The molecule has 1 aliphatic carbocycles. The Hall–Kier alpha value is -2.56. The van der Waals surface area contributed by atoms with Crippen LogP contribution in [-0.4, -0.2) is 30.0 Å². The van der Waals surface area contributed by atoms with Crippen molar-refractivity contribution in [3.8, 4) is 5.75 Å². The summed E-state index contributed by atoms with van der Waals surface area (Å²) in [5.74, 6) is 0.653. The third kappa shape index (κ3) is 4.89. The van der Waals surface area contributed by atoms with Crippen LogP contribution in [0.2, 0.25) is 0 Å². The Morgan fingerprint density at radius 3 is 2.55 bits per heavy atom. The van der Waals surface area contributed by atoms with E-state index in [4.69, 9.17) is 9.47 Å². The minimum absolute atomic E-state index is 0.0841. The molecular formula is C24H31NO4. The second-order valence-corrected chi connectivity index (χ2v) is 7.71. The van der Waals surface area contributed by atoms with Crippen LogP contribution < -0.4 is 4.74 Å². The Morgan fingerprint density at radius 2 is 1.86 bits per heavy atom. The Balaban J connectivity index is 1.70. The van der Waals surface area contributed by atoms with Gasteiger partial charge in [-0.2, -0.15) is 0 Å². The zero-order valence-corrected chi connectivity index (χ0v) is 17.7. The van der Waals surface area contributed by atoms with Gasteiger partial charge >= 0.3 is 5.97 Å². The molecule has 3 rings (SSSR count). The molecule has 0 radical (unpaired) electrons. The number of rotatable bonds is 9. The Bertz CT molecular complexity index is 851. The van der Waals surface area contributed by atoms with E-state index >= 15 is 0 Å². The van der Waals surface area contributed by atoms with Crippen molar-refractivity contribution in [1.29, 1.82) is 0 Å². The van der Waals surface area contributed by atoms with E-state index in [0.717, 1.165) is 42.7 Å². The van der Waals surface area contributed by atoms with Gasteiger partial charge in [-0.1, -0.05) is 38.3 Å². The van der Waals surface area contributed by atoms with Crippen LogP contribution in [0.25, 0.3) is 0 Å². The molecule has 0 saturated carbocycles. The molecule has 1 aromatic carbocycles. The van der Waals surface area contributed by atoms with Crippen molar-refractivity contribution >= 4 is 11.8 Å². The van der Waals surface area contributed by atoms with E-state index in [1.807, 2.05) is 38.1 Å². The fourth-order valence-corrected chi connectivity index (χ4v) is 4.04. The average Bonchev–Trinajstić information content (AvgIpc) is 3.05. The lowest BCUT2D eigenvalue weighted by Gasteiger charge is -2.22. The first-order chi connectivity index (χ1) is 14.0. The van der Waals surface area contributed by atoms with E-state index in [1.54, 1.807) is 0 Å². The van der Waals surface area contributed by atoms with Crippen LogP contribution in [0.15, 0.2) is 24.3 Å². The maximum atomic E-state index is 12.8. The fraction of sp³-hybridized carbons (Fsp3) is 0.500. The topological polar surface area (TPSA) is 68.4 Å². The molecule has 29 heavy (non-hydrogen) atoms. The largest absolute Gasteiger partial charge is 0.494 e. The van der Waals surface area contributed by atoms with Crippen LogP contribution in [0.5, 0.6) is 5.75 Å². The second kappa shape index (κ2) is 9.77. The maximum Gasteiger partial charge on any atom is 0.355 e. The third-order valence-electron chi connectivity index (χ3n) is 5.59. The molecule has 0 fully saturated rings. The van der Waals surface area contributed by atoms with Crippen molar-refractivity contribution in [2.24, 2.45) is 0 Å². The van der Waals surface area contributed by atoms with Gasteiger partial charge in [0.05, 0.1) is 13.2 Å². The van der Waals surface area contributed by atoms with Gasteiger partial charge in [0, 0.05) is 17.7 Å². The van der Waals surface area contributed by atoms with Crippen molar-refractivity contribution in [3.63, 3.8) is 0 Å². The number of carbonyl (C=O) groups is 2. The van der Waals surface area contributed by atoms with E-state index in [1.165, 1.54) is 0 Å². The lowest BCUT2D eigenvalue weighted by Crippen LogP contribution is -2.18. The van der Waals surface area contributed by atoms with Crippen LogP contribution in [0, 0.1) is 6.92 Å². The molecule has 1 atom stereocenters. The normalized spacial score (nSPS) is 15.8. The van der Waals surface area contributed by atoms with Crippen molar-refractivity contribution in [3.05, 3.63) is 52.3 Å². The van der Waals surface area contributed by atoms with Gasteiger partial charge < -0.3 is 14.5 Å². The number of fused-ring (bicyclic) bond motifs is 1. The highest BCUT2D eigenvalue weighted by atomic mass is 16.5. The molecule has 156 valence electrons. The lowest BCUT2D eigenvalue weighted by molar-refractivity contribution is 0.0490. The highest BCUT2D eigenvalue weighted by Crippen LogP contribution is 2.35. The number of aromatic amines is 1. The van der Waals surface area contributed by atoms with Gasteiger partial charge in [-0.15, -0.1) is 0 Å². The van der Waals surface area contributed by atoms with Crippen LogP contribution in [0.4, 0.5) is 0 Å². The summed E-state index contributed by atoms with van der Waals surface area (Å²) >= 11 is 0. The number of hydrogen-bond acceptors (Lipinski definition) is 4. The molecule has 1 unspecified atom stereocenters. The summed E-state index contributed by atoms with van der Waals surface area (Å²) in [6.45, 7) is 6.99. The SMILES string of the molecule is CCCCCCOC(=O)c1[nH]c2c(c1C)C(=O)CC(c1ccc(OCC)cc1)C2. The second-order valence-electron chi connectivity index (χ2n) is 7.71. The van der Waals surface area contributed by atoms with Crippen molar-refractivity contribution < 1.29 is 19.1 Å². The number of benzene rings is 1. The Labute approximate surface area is 172 Å². The van der Waals surface area contributed by atoms with Crippen LogP contribution in [0.3, 0.4) is 0 Å². The maximum absolute atomic E-state index is 12.8. The summed E-state index contributed by atoms with van der Waals surface area (Å²) < 4.78 is 10.9. The monoisotopic (exact) mass is 397 g/mol. The Morgan fingerprint density at radius 1 is 1.10 bits per heavy atom. The molecule has 5 nitrogen and oxygen atoms in total. The molecule has 0 aliphatic heterocycles. The fourth-order valence-electron chi connectivity index (χ4n) is 4.04. The van der Waals surface area contributed by atoms with Crippen LogP contribution in [-0.2, 0) is 11.2 Å². The minimum Gasteiger partial charge on any atom is -0.494 e. The number of ether oxygens (including phenoxy) is 2. The molecule has 1 aromatic heterocycles. The molecule has 0 saturated heterocycles. The summed E-state index contributed by atoms with van der Waals surface area (Å²) in [6.07, 6.45) is 5.39. The van der Waals surface area contributed by atoms with E-state index < -0.39 is 0 Å². The molecule has 0 bridgehead atoms. The number of hydrogen-bond donors (Lipinski definition) is 1. The van der Waals surface area contributed by atoms with Crippen LogP contribution in [0.1, 0.15) is 89.5 Å². The number of esters is 1. The number of Topliss-reactive ketones (excluding diaryl/α,β-unsaturated/α-hetero) is 1. The number of H-pyrrole nitrogens is 1. The molecule has 0 amide bonds. The van der Waals surface area contributed by atoms with E-state index in [9.17, 15) is 9.59 Å². The standard InChI is InChI=1S/C24H31NO4/c1-4-6-7-8-13-29-24(27)23-16(3)22-20(25-23)14-18(15-21(22)26)17-9-11-19(12-10-17)28-5-2/h9-12,18,25H,4-8,13-15H2,1-3H3. The van der Waals surface area contributed by atoms with Gasteiger partial charge in [-0.05, 0) is 55.9 Å². The number of unbranched alkanes of at least 4 members (excludes halogenated alkanes) is 3. The summed E-state index contributed by atoms with van der Waals surface area (Å²) in [5.41, 5.74) is 3.76. The molecule has 5 heteroatoms. The molecule has 1 N–H and O–H groups in total. The smallest absolute Gasteiger partial charge is 0.355 e. The first kappa shape index (κ1) is 21.2. The summed E-state index contributed by atoms with van der Waals surface area (Å²) in [4.78, 5) is 28.5. The van der Waals surface area contributed by atoms with Gasteiger partial charge in [0.2, 0.25) is 0 Å². The number of aromatic nitrogens is 1. The number of carbonyl (C=O) groups excluding carboxylic acids is 2. The van der Waals surface area contributed by atoms with Gasteiger partial charge in [-0.3, -0.25) is 4.79 Å². The molecule has 1 aliphatic rings. The third-order valence-corrected chi connectivity index (χ3v) is 5.59. The summed E-state index contributed by atoms with van der Waals surface area (Å²) in [7, 11) is 0. The molecule has 2 aromatic rings. The van der Waals surface area contributed by atoms with Gasteiger partial charge in [0.25, 0.3) is 0 Å². The predicted molar refractivity (Wildman–Crippen MR) is 113 cm³/mol. The van der Waals surface area contributed by atoms with Gasteiger partial charge in [0.15, 0.2) is 5.78 Å². The van der Waals surface area contributed by atoms with Crippen molar-refractivity contribution in [2.45, 2.75) is 65.2 Å². The Kier molecular flexibility index (Phi) is 7.13. The molecule has 0 spiro atoms. The predicted octanol–water partition coefficient (Wildman–Crippen LogP) is 5.37. The quantitative estimate of drug-likeness (QED) is 0.456. The zero-order chi connectivity index (χ0) is 20.8. The molecule has 1 heterocycles. The van der Waals surface area contributed by atoms with E-state index in [0.29, 0.717) is 42.9 Å². The highest BCUT2D eigenvalue weighted by molar-refractivity contribution is 6.03. The summed E-state index contributed by atoms with van der Waals surface area (Å²) in [5, 5.41) is 0. The molecular weight excluding hydrogens is 366 g/mol.